The third-order valence-corrected chi connectivity index (χ3v) is 5.79. The molecule has 0 aliphatic carbocycles. The third-order valence-electron chi connectivity index (χ3n) is 2.67. The molecule has 1 N–H and O–H groups in total. The molecule has 0 radical (unpaired) electrons. The first-order valence-corrected chi connectivity index (χ1v) is 8.38. The number of thiazole rings is 1. The summed E-state index contributed by atoms with van der Waals surface area (Å²) in [5.41, 5.74) is 0.838. The Bertz CT molecular complexity index is 683. The van der Waals surface area contributed by atoms with Crippen LogP contribution in [-0.2, 0) is 10.0 Å². The van der Waals surface area contributed by atoms with E-state index in [0.717, 1.165) is 22.6 Å². The highest BCUT2D eigenvalue weighted by molar-refractivity contribution is 7.91. The normalized spacial score (nSPS) is 13.2. The second-order valence-electron chi connectivity index (χ2n) is 4.05. The predicted octanol–water partition coefficient (Wildman–Crippen LogP) is 2.84. The second kappa shape index (κ2) is 6.09. The number of aromatic nitrogens is 1. The Morgan fingerprint density at radius 1 is 1.35 bits per heavy atom. The van der Waals surface area contributed by atoms with Gasteiger partial charge in [-0.05, 0) is 24.6 Å². The monoisotopic (exact) mass is 332 g/mol. The van der Waals surface area contributed by atoms with Gasteiger partial charge >= 0.3 is 0 Å². The molecule has 20 heavy (non-hydrogen) atoms. The first kappa shape index (κ1) is 15.2. The lowest BCUT2D eigenvalue weighted by Gasteiger charge is -2.14. The zero-order valence-electron chi connectivity index (χ0n) is 10.8. The first-order chi connectivity index (χ1) is 9.42. The highest BCUT2D eigenvalue weighted by Gasteiger charge is 2.21. The average molecular weight is 333 g/mol. The number of ether oxygens (including phenoxy) is 1. The van der Waals surface area contributed by atoms with E-state index in [2.05, 4.69) is 9.71 Å². The summed E-state index contributed by atoms with van der Waals surface area (Å²) in [5.74, 6) is 0.720. The SMILES string of the molecule is COc1ccc(C(C)NS(=O)(=O)c2cnc(Cl)s2)cc1. The standard InChI is InChI=1S/C12H13ClN2O3S2/c1-8(9-3-5-10(18-2)6-4-9)15-20(16,17)11-7-14-12(13)19-11/h3-8,15H,1-2H3. The molecular formula is C12H13ClN2O3S2. The molecule has 0 saturated carbocycles. The van der Waals surface area contributed by atoms with Crippen LogP contribution in [0.4, 0.5) is 0 Å². The summed E-state index contributed by atoms with van der Waals surface area (Å²) in [6.07, 6.45) is 1.25. The number of nitrogens with one attached hydrogen (secondary N) is 1. The highest BCUT2D eigenvalue weighted by atomic mass is 35.5. The molecule has 2 aromatic rings. The minimum atomic E-state index is -3.61. The molecule has 0 aliphatic heterocycles. The fourth-order valence-electron chi connectivity index (χ4n) is 1.61. The Morgan fingerprint density at radius 3 is 2.50 bits per heavy atom. The number of hydrogen-bond donors (Lipinski definition) is 1. The maximum absolute atomic E-state index is 12.1. The van der Waals surface area contributed by atoms with Gasteiger partial charge < -0.3 is 4.74 Å². The number of hydrogen-bond acceptors (Lipinski definition) is 5. The molecule has 0 bridgehead atoms. The van der Waals surface area contributed by atoms with Gasteiger partial charge in [0.25, 0.3) is 10.0 Å². The minimum absolute atomic E-state index is 0.0999. The molecular weight excluding hydrogens is 320 g/mol. The van der Waals surface area contributed by atoms with Crippen LogP contribution >= 0.6 is 22.9 Å². The number of methoxy groups -OCH3 is 1. The molecule has 0 fully saturated rings. The van der Waals surface area contributed by atoms with Crippen molar-refractivity contribution in [2.75, 3.05) is 7.11 Å². The van der Waals surface area contributed by atoms with E-state index in [-0.39, 0.29) is 14.7 Å². The van der Waals surface area contributed by atoms with Crippen LogP contribution in [0.25, 0.3) is 0 Å². The van der Waals surface area contributed by atoms with Crippen molar-refractivity contribution in [2.24, 2.45) is 0 Å². The van der Waals surface area contributed by atoms with Gasteiger partial charge in [-0.2, -0.15) is 0 Å². The number of sulfonamides is 1. The molecule has 8 heteroatoms. The Labute approximate surface area is 126 Å². The van der Waals surface area contributed by atoms with Crippen molar-refractivity contribution in [2.45, 2.75) is 17.2 Å². The van der Waals surface area contributed by atoms with Crippen LogP contribution < -0.4 is 9.46 Å². The van der Waals surface area contributed by atoms with Gasteiger partial charge in [0, 0.05) is 6.04 Å². The number of benzene rings is 1. The van der Waals surface area contributed by atoms with Crippen LogP contribution in [0.2, 0.25) is 4.47 Å². The summed E-state index contributed by atoms with van der Waals surface area (Å²) in [6, 6.07) is 6.82. The molecule has 1 unspecified atom stereocenters. The summed E-state index contributed by atoms with van der Waals surface area (Å²) < 4.78 is 32.2. The van der Waals surface area contributed by atoms with Gasteiger partial charge in [0.2, 0.25) is 0 Å². The summed E-state index contributed by atoms with van der Waals surface area (Å²) in [4.78, 5) is 3.73. The Hall–Kier alpha value is -1.15. The fraction of sp³-hybridized carbons (Fsp3) is 0.250. The van der Waals surface area contributed by atoms with E-state index in [4.69, 9.17) is 16.3 Å². The average Bonchev–Trinajstić information content (AvgIpc) is 2.86. The molecule has 108 valence electrons. The molecule has 1 atom stereocenters. The second-order valence-corrected chi connectivity index (χ2v) is 7.60. The van der Waals surface area contributed by atoms with Crippen LogP contribution in [0, 0.1) is 0 Å². The Balaban J connectivity index is 2.15. The largest absolute Gasteiger partial charge is 0.497 e. The van der Waals surface area contributed by atoms with Crippen molar-refractivity contribution in [1.29, 1.82) is 0 Å². The molecule has 0 saturated heterocycles. The number of rotatable bonds is 5. The van der Waals surface area contributed by atoms with Gasteiger partial charge in [-0.3, -0.25) is 0 Å². The predicted molar refractivity (Wildman–Crippen MR) is 78.9 cm³/mol. The summed E-state index contributed by atoms with van der Waals surface area (Å²) >= 11 is 6.58. The van der Waals surface area contributed by atoms with E-state index in [1.165, 1.54) is 6.20 Å². The van der Waals surface area contributed by atoms with Gasteiger partial charge in [-0.1, -0.05) is 35.1 Å². The zero-order valence-corrected chi connectivity index (χ0v) is 13.2. The summed E-state index contributed by atoms with van der Waals surface area (Å²) in [6.45, 7) is 1.77. The van der Waals surface area contributed by atoms with Crippen molar-refractivity contribution >= 4 is 33.0 Å². The molecule has 1 aromatic carbocycles. The van der Waals surface area contributed by atoms with Crippen LogP contribution in [0.3, 0.4) is 0 Å². The molecule has 1 aromatic heterocycles. The highest BCUT2D eigenvalue weighted by Crippen LogP contribution is 2.24. The lowest BCUT2D eigenvalue weighted by atomic mass is 10.1. The van der Waals surface area contributed by atoms with Crippen LogP contribution in [0.1, 0.15) is 18.5 Å². The topological polar surface area (TPSA) is 68.3 Å². The summed E-state index contributed by atoms with van der Waals surface area (Å²) in [5, 5.41) is 0. The van der Waals surface area contributed by atoms with Gasteiger partial charge in [0.15, 0.2) is 8.68 Å². The number of nitrogens with zero attached hydrogens (tertiary/aromatic N) is 1. The van der Waals surface area contributed by atoms with E-state index in [1.807, 2.05) is 12.1 Å². The van der Waals surface area contributed by atoms with Crippen LogP contribution in [0.15, 0.2) is 34.7 Å². The Kier molecular flexibility index (Phi) is 4.64. The molecule has 0 amide bonds. The van der Waals surface area contributed by atoms with Crippen molar-refractivity contribution in [1.82, 2.24) is 9.71 Å². The molecule has 2 rings (SSSR count). The van der Waals surface area contributed by atoms with Crippen molar-refractivity contribution in [3.05, 3.63) is 40.5 Å². The fourth-order valence-corrected chi connectivity index (χ4v) is 4.16. The van der Waals surface area contributed by atoms with Crippen LogP contribution in [-0.4, -0.2) is 20.5 Å². The maximum Gasteiger partial charge on any atom is 0.252 e. The van der Waals surface area contributed by atoms with Gasteiger partial charge in [0.1, 0.15) is 5.75 Å². The van der Waals surface area contributed by atoms with E-state index < -0.39 is 10.0 Å². The molecule has 5 nitrogen and oxygen atoms in total. The van der Waals surface area contributed by atoms with E-state index in [1.54, 1.807) is 26.2 Å². The molecule has 0 spiro atoms. The smallest absolute Gasteiger partial charge is 0.252 e. The van der Waals surface area contributed by atoms with Crippen molar-refractivity contribution in [3.8, 4) is 5.75 Å². The van der Waals surface area contributed by atoms with E-state index in [0.29, 0.717) is 0 Å². The third kappa shape index (κ3) is 3.49. The molecule has 1 heterocycles. The number of halogens is 1. The quantitative estimate of drug-likeness (QED) is 0.914. The Morgan fingerprint density at radius 2 is 2.00 bits per heavy atom. The minimum Gasteiger partial charge on any atom is -0.497 e. The van der Waals surface area contributed by atoms with Gasteiger partial charge in [-0.15, -0.1) is 0 Å². The zero-order chi connectivity index (χ0) is 14.8. The first-order valence-electron chi connectivity index (χ1n) is 5.70. The van der Waals surface area contributed by atoms with Gasteiger partial charge in [0.05, 0.1) is 13.3 Å². The van der Waals surface area contributed by atoms with E-state index >= 15 is 0 Å². The van der Waals surface area contributed by atoms with Crippen LogP contribution in [0.5, 0.6) is 5.75 Å². The van der Waals surface area contributed by atoms with Gasteiger partial charge in [-0.25, -0.2) is 18.1 Å². The van der Waals surface area contributed by atoms with Crippen molar-refractivity contribution < 1.29 is 13.2 Å². The van der Waals surface area contributed by atoms with E-state index in [9.17, 15) is 8.42 Å². The lowest BCUT2D eigenvalue weighted by Crippen LogP contribution is -2.26. The van der Waals surface area contributed by atoms with Crippen molar-refractivity contribution in [3.63, 3.8) is 0 Å². The lowest BCUT2D eigenvalue weighted by molar-refractivity contribution is 0.414. The maximum atomic E-state index is 12.1. The molecule has 0 aliphatic rings. The summed E-state index contributed by atoms with van der Waals surface area (Å²) in [7, 11) is -2.03.